The van der Waals surface area contributed by atoms with Crippen molar-refractivity contribution in [3.63, 3.8) is 0 Å². The summed E-state index contributed by atoms with van der Waals surface area (Å²) < 4.78 is 0. The van der Waals surface area contributed by atoms with E-state index >= 15 is 0 Å². The molecule has 8 heteroatoms. The molecule has 1 heterocycles. The SMILES string of the molecule is CC(C)CC(=O)Nc1cccc(CNC(=O)c2ccc(Cl)c(NC(=O)c3cccs3)c2)c1. The van der Waals surface area contributed by atoms with E-state index in [1.807, 2.05) is 43.5 Å². The Morgan fingerprint density at radius 1 is 0.969 bits per heavy atom. The summed E-state index contributed by atoms with van der Waals surface area (Å²) in [7, 11) is 0. The van der Waals surface area contributed by atoms with E-state index in [1.165, 1.54) is 11.3 Å². The van der Waals surface area contributed by atoms with Crippen molar-refractivity contribution in [1.29, 1.82) is 0 Å². The third kappa shape index (κ3) is 6.67. The summed E-state index contributed by atoms with van der Waals surface area (Å²) in [4.78, 5) is 37.5. The molecule has 3 aromatic rings. The fourth-order valence-electron chi connectivity index (χ4n) is 2.98. The molecule has 0 bridgehead atoms. The molecular formula is C24H24ClN3O3S. The van der Waals surface area contributed by atoms with Gasteiger partial charge in [0.05, 0.1) is 15.6 Å². The first-order valence-corrected chi connectivity index (χ1v) is 11.4. The normalized spacial score (nSPS) is 10.6. The predicted octanol–water partition coefficient (Wildman–Crippen LogP) is 5.57. The molecule has 0 radical (unpaired) electrons. The van der Waals surface area contributed by atoms with Crippen LogP contribution >= 0.6 is 22.9 Å². The summed E-state index contributed by atoms with van der Waals surface area (Å²) in [5, 5.41) is 10.6. The third-order valence-corrected chi connectivity index (χ3v) is 5.68. The second kappa shape index (κ2) is 10.9. The number of halogens is 1. The van der Waals surface area contributed by atoms with Crippen LogP contribution in [0.5, 0.6) is 0 Å². The lowest BCUT2D eigenvalue weighted by atomic mass is 10.1. The fourth-order valence-corrected chi connectivity index (χ4v) is 3.76. The van der Waals surface area contributed by atoms with E-state index in [1.54, 1.807) is 30.3 Å². The van der Waals surface area contributed by atoms with Gasteiger partial charge in [-0.25, -0.2) is 0 Å². The Morgan fingerprint density at radius 2 is 1.78 bits per heavy atom. The number of hydrogen-bond donors (Lipinski definition) is 3. The molecule has 2 aromatic carbocycles. The number of nitrogens with one attached hydrogen (secondary N) is 3. The van der Waals surface area contributed by atoms with Crippen molar-refractivity contribution in [2.75, 3.05) is 10.6 Å². The molecule has 0 saturated carbocycles. The number of carbonyl (C=O) groups excluding carboxylic acids is 3. The lowest BCUT2D eigenvalue weighted by molar-refractivity contribution is -0.116. The second-order valence-electron chi connectivity index (χ2n) is 7.66. The van der Waals surface area contributed by atoms with Crippen molar-refractivity contribution in [3.05, 3.63) is 81.0 Å². The van der Waals surface area contributed by atoms with Crippen LogP contribution < -0.4 is 16.0 Å². The molecule has 0 aliphatic carbocycles. The standard InChI is InChI=1S/C24H24ClN3O3S/c1-15(2)11-22(29)27-18-6-3-5-16(12-18)14-26-23(30)17-8-9-19(25)20(13-17)28-24(31)21-7-4-10-32-21/h3-10,12-13,15H,11,14H2,1-2H3,(H,26,30)(H,27,29)(H,28,31). The minimum atomic E-state index is -0.303. The molecule has 166 valence electrons. The molecule has 0 aliphatic rings. The number of hydrogen-bond acceptors (Lipinski definition) is 4. The largest absolute Gasteiger partial charge is 0.348 e. The molecule has 0 saturated heterocycles. The van der Waals surface area contributed by atoms with Crippen LogP contribution in [-0.4, -0.2) is 17.7 Å². The highest BCUT2D eigenvalue weighted by atomic mass is 35.5. The van der Waals surface area contributed by atoms with Crippen molar-refractivity contribution in [3.8, 4) is 0 Å². The van der Waals surface area contributed by atoms with Crippen LogP contribution in [0.25, 0.3) is 0 Å². The van der Waals surface area contributed by atoms with Gasteiger partial charge in [-0.2, -0.15) is 0 Å². The number of benzene rings is 2. The number of anilines is 2. The van der Waals surface area contributed by atoms with Gasteiger partial charge in [-0.1, -0.05) is 43.6 Å². The van der Waals surface area contributed by atoms with Gasteiger partial charge in [0.25, 0.3) is 11.8 Å². The van der Waals surface area contributed by atoms with Crippen molar-refractivity contribution in [2.24, 2.45) is 5.92 Å². The van der Waals surface area contributed by atoms with E-state index < -0.39 is 0 Å². The van der Waals surface area contributed by atoms with Crippen molar-refractivity contribution < 1.29 is 14.4 Å². The van der Waals surface area contributed by atoms with Gasteiger partial charge in [0, 0.05) is 24.2 Å². The Kier molecular flexibility index (Phi) is 8.03. The Labute approximate surface area is 196 Å². The zero-order valence-corrected chi connectivity index (χ0v) is 19.3. The van der Waals surface area contributed by atoms with E-state index in [0.717, 1.165) is 5.56 Å². The average Bonchev–Trinajstić information content (AvgIpc) is 3.28. The molecule has 1 aromatic heterocycles. The Hall–Kier alpha value is -3.16. The summed E-state index contributed by atoms with van der Waals surface area (Å²) in [5.41, 5.74) is 2.28. The first-order valence-electron chi connectivity index (χ1n) is 10.1. The fraction of sp³-hybridized carbons (Fsp3) is 0.208. The average molecular weight is 470 g/mol. The topological polar surface area (TPSA) is 87.3 Å². The van der Waals surface area contributed by atoms with Crippen LogP contribution in [-0.2, 0) is 11.3 Å². The molecule has 3 N–H and O–H groups in total. The number of carbonyl (C=O) groups is 3. The Bertz CT molecular complexity index is 1110. The zero-order chi connectivity index (χ0) is 23.1. The molecule has 0 spiro atoms. The van der Waals surface area contributed by atoms with E-state index in [9.17, 15) is 14.4 Å². The van der Waals surface area contributed by atoms with Gasteiger partial charge in [-0.3, -0.25) is 14.4 Å². The smallest absolute Gasteiger partial charge is 0.265 e. The third-order valence-electron chi connectivity index (χ3n) is 4.48. The van der Waals surface area contributed by atoms with E-state index in [2.05, 4.69) is 16.0 Å². The number of amides is 3. The Morgan fingerprint density at radius 3 is 2.50 bits per heavy atom. The summed E-state index contributed by atoms with van der Waals surface area (Å²) in [5.74, 6) is -0.352. The molecule has 6 nitrogen and oxygen atoms in total. The zero-order valence-electron chi connectivity index (χ0n) is 17.8. The Balaban J connectivity index is 1.62. The molecule has 3 rings (SSSR count). The highest BCUT2D eigenvalue weighted by Gasteiger charge is 2.13. The molecule has 0 fully saturated rings. The summed E-state index contributed by atoms with van der Waals surface area (Å²) in [6, 6.07) is 15.6. The lowest BCUT2D eigenvalue weighted by Gasteiger charge is -2.11. The van der Waals surface area contributed by atoms with Crippen LogP contribution in [0.4, 0.5) is 11.4 Å². The van der Waals surface area contributed by atoms with Gasteiger partial charge in [0.15, 0.2) is 0 Å². The second-order valence-corrected chi connectivity index (χ2v) is 9.01. The quantitative estimate of drug-likeness (QED) is 0.403. The van der Waals surface area contributed by atoms with Crippen LogP contribution in [0.3, 0.4) is 0 Å². The summed E-state index contributed by atoms with van der Waals surface area (Å²) in [6.07, 6.45) is 0.447. The predicted molar refractivity (Wildman–Crippen MR) is 129 cm³/mol. The molecular weight excluding hydrogens is 446 g/mol. The lowest BCUT2D eigenvalue weighted by Crippen LogP contribution is -2.23. The van der Waals surface area contributed by atoms with Gasteiger partial charge in [0.1, 0.15) is 0 Å². The van der Waals surface area contributed by atoms with Gasteiger partial charge in [-0.15, -0.1) is 11.3 Å². The van der Waals surface area contributed by atoms with Gasteiger partial charge in [-0.05, 0) is 53.3 Å². The molecule has 32 heavy (non-hydrogen) atoms. The first-order chi connectivity index (χ1) is 15.3. The van der Waals surface area contributed by atoms with Crippen LogP contribution in [0.15, 0.2) is 60.0 Å². The van der Waals surface area contributed by atoms with Crippen LogP contribution in [0.2, 0.25) is 5.02 Å². The van der Waals surface area contributed by atoms with Crippen LogP contribution in [0.1, 0.15) is 45.9 Å². The van der Waals surface area contributed by atoms with Crippen molar-refractivity contribution in [2.45, 2.75) is 26.8 Å². The summed E-state index contributed by atoms with van der Waals surface area (Å²) in [6.45, 7) is 4.26. The molecule has 0 unspecified atom stereocenters. The van der Waals surface area contributed by atoms with E-state index in [4.69, 9.17) is 11.6 Å². The van der Waals surface area contributed by atoms with Crippen molar-refractivity contribution >= 4 is 52.0 Å². The maximum Gasteiger partial charge on any atom is 0.265 e. The van der Waals surface area contributed by atoms with Crippen molar-refractivity contribution in [1.82, 2.24) is 5.32 Å². The maximum absolute atomic E-state index is 12.6. The monoisotopic (exact) mass is 469 g/mol. The molecule has 3 amide bonds. The number of rotatable bonds is 8. The first kappa shape index (κ1) is 23.5. The van der Waals surface area contributed by atoms with Gasteiger partial charge >= 0.3 is 0 Å². The van der Waals surface area contributed by atoms with Gasteiger partial charge < -0.3 is 16.0 Å². The highest BCUT2D eigenvalue weighted by Crippen LogP contribution is 2.24. The number of thiophene rings is 1. The molecule has 0 atom stereocenters. The van der Waals surface area contributed by atoms with Gasteiger partial charge in [0.2, 0.25) is 5.91 Å². The minimum absolute atomic E-state index is 0.0422. The highest BCUT2D eigenvalue weighted by molar-refractivity contribution is 7.12. The van der Waals surface area contributed by atoms with Crippen LogP contribution in [0, 0.1) is 5.92 Å². The minimum Gasteiger partial charge on any atom is -0.348 e. The van der Waals surface area contributed by atoms with E-state index in [-0.39, 0.29) is 30.2 Å². The van der Waals surface area contributed by atoms with E-state index in [0.29, 0.717) is 33.3 Å². The maximum atomic E-state index is 12.6. The molecule has 0 aliphatic heterocycles. The summed E-state index contributed by atoms with van der Waals surface area (Å²) >= 11 is 7.51.